The molecule has 0 spiro atoms. The number of benzene rings is 1. The van der Waals surface area contributed by atoms with Gasteiger partial charge in [0.2, 0.25) is 10.0 Å². The third-order valence-electron chi connectivity index (χ3n) is 2.80. The van der Waals surface area contributed by atoms with Crippen LogP contribution >= 0.6 is 0 Å². The zero-order valence-corrected chi connectivity index (χ0v) is 13.9. The van der Waals surface area contributed by atoms with Gasteiger partial charge in [0.1, 0.15) is 6.61 Å². The van der Waals surface area contributed by atoms with Crippen molar-refractivity contribution in [3.05, 3.63) is 35.4 Å². The van der Waals surface area contributed by atoms with Crippen molar-refractivity contribution in [3.8, 4) is 11.8 Å². The molecule has 1 N–H and O–H groups in total. The quantitative estimate of drug-likeness (QED) is 0.863. The molecular formula is C16H23NO3S. The Kier molecular flexibility index (Phi) is 5.97. The van der Waals surface area contributed by atoms with Crippen molar-refractivity contribution >= 4 is 10.0 Å². The highest BCUT2D eigenvalue weighted by Crippen LogP contribution is 2.20. The van der Waals surface area contributed by atoms with Crippen LogP contribution < -0.4 is 0 Å². The van der Waals surface area contributed by atoms with Gasteiger partial charge in [-0.25, -0.2) is 12.7 Å². The van der Waals surface area contributed by atoms with Crippen LogP contribution in [0.4, 0.5) is 0 Å². The van der Waals surface area contributed by atoms with E-state index in [4.69, 9.17) is 5.11 Å². The summed E-state index contributed by atoms with van der Waals surface area (Å²) in [5.74, 6) is 5.54. The maximum absolute atomic E-state index is 12.3. The molecule has 1 aromatic carbocycles. The average Bonchev–Trinajstić information content (AvgIpc) is 2.35. The summed E-state index contributed by atoms with van der Waals surface area (Å²) < 4.78 is 26.0. The largest absolute Gasteiger partial charge is 0.384 e. The highest BCUT2D eigenvalue weighted by molar-refractivity contribution is 7.89. The molecule has 1 rings (SSSR count). The Morgan fingerprint density at radius 1 is 1.24 bits per heavy atom. The predicted octanol–water partition coefficient (Wildman–Crippen LogP) is 1.84. The van der Waals surface area contributed by atoms with Crippen LogP contribution in [0, 0.1) is 17.3 Å². The Hall–Kier alpha value is -1.35. The monoisotopic (exact) mass is 309 g/mol. The molecule has 0 unspecified atom stereocenters. The van der Waals surface area contributed by atoms with Gasteiger partial charge in [-0.05, 0) is 17.0 Å². The molecule has 0 saturated heterocycles. The van der Waals surface area contributed by atoms with Crippen LogP contribution in [0.15, 0.2) is 24.3 Å². The average molecular weight is 309 g/mol. The van der Waals surface area contributed by atoms with E-state index in [1.807, 2.05) is 45.0 Å². The molecule has 0 aliphatic carbocycles. The van der Waals surface area contributed by atoms with E-state index in [1.165, 1.54) is 4.31 Å². The van der Waals surface area contributed by atoms with Crippen LogP contribution in [0.5, 0.6) is 0 Å². The molecule has 0 fully saturated rings. The number of hydrogen-bond acceptors (Lipinski definition) is 3. The first-order valence-electron chi connectivity index (χ1n) is 6.77. The van der Waals surface area contributed by atoms with Gasteiger partial charge in [-0.2, -0.15) is 0 Å². The van der Waals surface area contributed by atoms with Crippen molar-refractivity contribution < 1.29 is 13.5 Å². The molecular weight excluding hydrogens is 286 g/mol. The van der Waals surface area contributed by atoms with E-state index in [-0.39, 0.29) is 24.3 Å². The van der Waals surface area contributed by atoms with E-state index >= 15 is 0 Å². The van der Waals surface area contributed by atoms with E-state index in [1.54, 1.807) is 7.05 Å². The summed E-state index contributed by atoms with van der Waals surface area (Å²) >= 11 is 0. The van der Waals surface area contributed by atoms with Crippen LogP contribution in [-0.2, 0) is 16.6 Å². The molecule has 0 radical (unpaired) electrons. The lowest BCUT2D eigenvalue weighted by atomic mass is 10.0. The normalized spacial score (nSPS) is 12.1. The van der Waals surface area contributed by atoms with Crippen molar-refractivity contribution in [2.45, 2.75) is 27.3 Å². The number of hydrogen-bond donors (Lipinski definition) is 1. The summed E-state index contributed by atoms with van der Waals surface area (Å²) in [5, 5.41) is 8.78. The van der Waals surface area contributed by atoms with Crippen molar-refractivity contribution in [2.75, 3.05) is 19.4 Å². The summed E-state index contributed by atoms with van der Waals surface area (Å²) in [7, 11) is -1.74. The summed E-state index contributed by atoms with van der Waals surface area (Å²) in [6.45, 7) is 5.76. The third kappa shape index (κ3) is 5.88. The minimum Gasteiger partial charge on any atom is -0.384 e. The Bertz CT molecular complexity index is 633. The highest BCUT2D eigenvalue weighted by atomic mass is 32.2. The summed E-state index contributed by atoms with van der Waals surface area (Å²) in [4.78, 5) is 0. The summed E-state index contributed by atoms with van der Waals surface area (Å²) in [6.07, 6.45) is 0. The minimum absolute atomic E-state index is 0.0982. The van der Waals surface area contributed by atoms with Crippen molar-refractivity contribution in [3.63, 3.8) is 0 Å². The molecule has 0 saturated carbocycles. The number of aliphatic hydroxyl groups is 1. The molecule has 5 heteroatoms. The molecule has 0 atom stereocenters. The Labute approximate surface area is 127 Å². The lowest BCUT2D eigenvalue weighted by Gasteiger charge is -2.24. The van der Waals surface area contributed by atoms with Gasteiger partial charge in [-0.1, -0.05) is 50.8 Å². The standard InChI is InChI=1S/C16H23NO3S/c1-16(2,3)13-21(19,20)17(4)12-15-9-6-5-8-14(15)10-7-11-18/h5-6,8-9,18H,11-13H2,1-4H3. The third-order valence-corrected chi connectivity index (χ3v) is 5.11. The first-order chi connectivity index (χ1) is 9.65. The fraction of sp³-hybridized carbons (Fsp3) is 0.500. The highest BCUT2D eigenvalue weighted by Gasteiger charge is 2.25. The lowest BCUT2D eigenvalue weighted by Crippen LogP contribution is -2.34. The summed E-state index contributed by atoms with van der Waals surface area (Å²) in [5.41, 5.74) is 1.28. The van der Waals surface area contributed by atoms with E-state index in [9.17, 15) is 8.42 Å². The van der Waals surface area contributed by atoms with Crippen molar-refractivity contribution in [1.82, 2.24) is 4.31 Å². The maximum atomic E-state index is 12.3. The van der Waals surface area contributed by atoms with Gasteiger partial charge >= 0.3 is 0 Å². The van der Waals surface area contributed by atoms with Crippen LogP contribution in [0.25, 0.3) is 0 Å². The molecule has 0 aliphatic rings. The Morgan fingerprint density at radius 3 is 2.43 bits per heavy atom. The predicted molar refractivity (Wildman–Crippen MR) is 85.1 cm³/mol. The molecule has 0 aliphatic heterocycles. The molecule has 4 nitrogen and oxygen atoms in total. The number of sulfonamides is 1. The van der Waals surface area contributed by atoms with Crippen LogP contribution in [0.2, 0.25) is 0 Å². The second-order valence-corrected chi connectivity index (χ2v) is 8.27. The molecule has 0 amide bonds. The van der Waals surface area contributed by atoms with Gasteiger partial charge in [0.25, 0.3) is 0 Å². The van der Waals surface area contributed by atoms with Gasteiger partial charge in [-0.15, -0.1) is 0 Å². The zero-order chi connectivity index (χ0) is 16.1. The van der Waals surface area contributed by atoms with Gasteiger partial charge in [0, 0.05) is 19.2 Å². The second kappa shape index (κ2) is 7.08. The summed E-state index contributed by atoms with van der Waals surface area (Å²) in [6, 6.07) is 7.37. The Balaban J connectivity index is 2.96. The second-order valence-electron chi connectivity index (χ2n) is 6.19. The zero-order valence-electron chi connectivity index (χ0n) is 13.0. The van der Waals surface area contributed by atoms with E-state index < -0.39 is 10.0 Å². The van der Waals surface area contributed by atoms with Crippen LogP contribution in [0.3, 0.4) is 0 Å². The minimum atomic E-state index is -3.32. The van der Waals surface area contributed by atoms with Gasteiger partial charge in [-0.3, -0.25) is 0 Å². The molecule has 21 heavy (non-hydrogen) atoms. The van der Waals surface area contributed by atoms with Gasteiger partial charge in [0.15, 0.2) is 0 Å². The number of nitrogens with zero attached hydrogens (tertiary/aromatic N) is 1. The Morgan fingerprint density at radius 2 is 1.86 bits per heavy atom. The van der Waals surface area contributed by atoms with E-state index in [2.05, 4.69) is 11.8 Å². The molecule has 116 valence electrons. The molecule has 1 aromatic rings. The molecule has 0 bridgehead atoms. The van der Waals surface area contributed by atoms with Gasteiger partial charge < -0.3 is 5.11 Å². The van der Waals surface area contributed by atoms with Crippen LogP contribution in [-0.4, -0.2) is 37.2 Å². The number of rotatable bonds is 4. The topological polar surface area (TPSA) is 57.6 Å². The van der Waals surface area contributed by atoms with Crippen LogP contribution in [0.1, 0.15) is 31.9 Å². The number of aliphatic hydroxyl groups excluding tert-OH is 1. The van der Waals surface area contributed by atoms with E-state index in [0.717, 1.165) is 11.1 Å². The molecule has 0 aromatic heterocycles. The SMILES string of the molecule is CN(Cc1ccccc1C#CCO)S(=O)(=O)CC(C)(C)C. The smallest absolute Gasteiger partial charge is 0.214 e. The lowest BCUT2D eigenvalue weighted by molar-refractivity contribution is 0.350. The first-order valence-corrected chi connectivity index (χ1v) is 8.38. The van der Waals surface area contributed by atoms with Gasteiger partial charge in [0.05, 0.1) is 5.75 Å². The fourth-order valence-electron chi connectivity index (χ4n) is 1.91. The van der Waals surface area contributed by atoms with E-state index in [0.29, 0.717) is 0 Å². The van der Waals surface area contributed by atoms with Crippen molar-refractivity contribution in [1.29, 1.82) is 0 Å². The van der Waals surface area contributed by atoms with Crippen molar-refractivity contribution in [2.24, 2.45) is 5.41 Å². The fourth-order valence-corrected chi connectivity index (χ4v) is 3.56. The maximum Gasteiger partial charge on any atom is 0.214 e. The molecule has 0 heterocycles. The first kappa shape index (κ1) is 17.7.